The summed E-state index contributed by atoms with van der Waals surface area (Å²) in [6, 6.07) is 7.85. The van der Waals surface area contributed by atoms with E-state index in [-0.39, 0.29) is 6.03 Å². The lowest BCUT2D eigenvalue weighted by molar-refractivity contribution is -0.108. The molecule has 7 nitrogen and oxygen atoms in total. The first-order valence-electron chi connectivity index (χ1n) is 8.92. The molecule has 1 saturated heterocycles. The van der Waals surface area contributed by atoms with E-state index in [4.69, 9.17) is 0 Å². The summed E-state index contributed by atoms with van der Waals surface area (Å²) in [4.78, 5) is 40.0. The van der Waals surface area contributed by atoms with Crippen LogP contribution in [0, 0.1) is 0 Å². The van der Waals surface area contributed by atoms with Crippen molar-refractivity contribution in [3.8, 4) is 11.4 Å². The first-order valence-corrected chi connectivity index (χ1v) is 10.1. The van der Waals surface area contributed by atoms with Gasteiger partial charge in [-0.15, -0.1) is 11.8 Å². The van der Waals surface area contributed by atoms with Gasteiger partial charge in [-0.3, -0.25) is 9.69 Å². The average Bonchev–Trinajstić information content (AvgIpc) is 3.34. The molecule has 0 radical (unpaired) electrons. The summed E-state index contributed by atoms with van der Waals surface area (Å²) in [5.41, 5.74) is 1.48. The van der Waals surface area contributed by atoms with Crippen molar-refractivity contribution in [2.75, 3.05) is 36.2 Å². The van der Waals surface area contributed by atoms with Crippen molar-refractivity contribution in [3.05, 3.63) is 30.5 Å². The number of likely N-dealkylation sites (tertiary alicyclic amines) is 1. The maximum absolute atomic E-state index is 13.0. The lowest BCUT2D eigenvalue weighted by Crippen LogP contribution is -2.50. The van der Waals surface area contributed by atoms with Crippen LogP contribution < -0.4 is 9.80 Å². The van der Waals surface area contributed by atoms with Crippen molar-refractivity contribution < 1.29 is 9.59 Å². The van der Waals surface area contributed by atoms with Crippen LogP contribution in [0.2, 0.25) is 0 Å². The lowest BCUT2D eigenvalue weighted by atomic mass is 10.2. The molecule has 140 valence electrons. The minimum absolute atomic E-state index is 0.157. The molecule has 0 saturated carbocycles. The molecule has 4 rings (SSSR count). The molecule has 0 bridgehead atoms. The number of likely N-dealkylation sites (N-methyl/N-ethyl adjacent to an activating group) is 1. The molecule has 1 unspecified atom stereocenters. The molecular weight excluding hydrogens is 362 g/mol. The van der Waals surface area contributed by atoms with Crippen LogP contribution in [0.3, 0.4) is 0 Å². The number of fused-ring (bicyclic) bond motifs is 1. The summed E-state index contributed by atoms with van der Waals surface area (Å²) in [5, 5.41) is 0. The summed E-state index contributed by atoms with van der Waals surface area (Å²) in [6.45, 7) is 1.45. The number of amides is 2. The maximum atomic E-state index is 13.0. The van der Waals surface area contributed by atoms with Crippen LogP contribution in [0.25, 0.3) is 11.4 Å². The zero-order valence-electron chi connectivity index (χ0n) is 15.3. The number of urea groups is 1. The lowest BCUT2D eigenvalue weighted by Gasteiger charge is -2.28. The average molecular weight is 383 g/mol. The molecule has 1 atom stereocenters. The fourth-order valence-corrected chi connectivity index (χ4v) is 3.95. The van der Waals surface area contributed by atoms with Crippen molar-refractivity contribution in [2.45, 2.75) is 23.9 Å². The van der Waals surface area contributed by atoms with Gasteiger partial charge in [-0.25, -0.2) is 14.8 Å². The van der Waals surface area contributed by atoms with Gasteiger partial charge in [0.05, 0.1) is 6.20 Å². The number of carbonyl (C=O) groups excluding carboxylic acids is 2. The highest BCUT2D eigenvalue weighted by Crippen LogP contribution is 2.38. The number of thioether (sulfide) groups is 1. The second-order valence-corrected chi connectivity index (χ2v) is 7.52. The van der Waals surface area contributed by atoms with Gasteiger partial charge in [-0.05, 0) is 31.2 Å². The number of carbonyl (C=O) groups is 2. The molecule has 0 N–H and O–H groups in total. The number of hydrogen-bond acceptors (Lipinski definition) is 6. The van der Waals surface area contributed by atoms with Gasteiger partial charge in [0.1, 0.15) is 5.69 Å². The van der Waals surface area contributed by atoms with E-state index in [1.807, 2.05) is 30.5 Å². The molecule has 27 heavy (non-hydrogen) atoms. The second-order valence-electron chi connectivity index (χ2n) is 6.64. The monoisotopic (exact) mass is 383 g/mol. The number of aromatic nitrogens is 2. The molecule has 0 aliphatic carbocycles. The van der Waals surface area contributed by atoms with E-state index in [0.29, 0.717) is 17.3 Å². The Kier molecular flexibility index (Phi) is 4.73. The van der Waals surface area contributed by atoms with Crippen LogP contribution in [-0.4, -0.2) is 59.7 Å². The normalized spacial score (nSPS) is 18.7. The zero-order chi connectivity index (χ0) is 19.0. The van der Waals surface area contributed by atoms with Gasteiger partial charge in [0, 0.05) is 30.6 Å². The van der Waals surface area contributed by atoms with Crippen LogP contribution >= 0.6 is 11.8 Å². The van der Waals surface area contributed by atoms with Crippen LogP contribution in [0.15, 0.2) is 35.4 Å². The third-order valence-electron chi connectivity index (χ3n) is 5.06. The van der Waals surface area contributed by atoms with Crippen molar-refractivity contribution >= 4 is 35.6 Å². The molecule has 2 aliphatic rings. The summed E-state index contributed by atoms with van der Waals surface area (Å²) >= 11 is 1.68. The third kappa shape index (κ3) is 3.03. The standard InChI is InChI=1S/C19H21N5O2S/c1-22-16(12-25)24(19(26)23-9-3-4-10-23)15-11-20-17(21-18(15)22)13-5-7-14(27-2)8-6-13/h5-8,11-12,16H,3-4,9-10H2,1-2H3. The van der Waals surface area contributed by atoms with E-state index in [1.54, 1.807) is 34.8 Å². The summed E-state index contributed by atoms with van der Waals surface area (Å²) in [5.74, 6) is 1.17. The number of anilines is 2. The Morgan fingerprint density at radius 3 is 2.56 bits per heavy atom. The van der Waals surface area contributed by atoms with Crippen LogP contribution in [0.5, 0.6) is 0 Å². The number of rotatable bonds is 3. The highest BCUT2D eigenvalue weighted by Gasteiger charge is 2.41. The van der Waals surface area contributed by atoms with Crippen molar-refractivity contribution in [3.63, 3.8) is 0 Å². The molecule has 1 fully saturated rings. The Bertz CT molecular complexity index is 867. The molecule has 3 heterocycles. The van der Waals surface area contributed by atoms with Gasteiger partial charge in [-0.2, -0.15) is 0 Å². The van der Waals surface area contributed by atoms with E-state index in [0.717, 1.165) is 37.8 Å². The Hall–Kier alpha value is -2.61. The maximum Gasteiger partial charge on any atom is 0.326 e. The fraction of sp³-hybridized carbons (Fsp3) is 0.368. The third-order valence-corrected chi connectivity index (χ3v) is 5.80. The SMILES string of the molecule is CSc1ccc(-c2ncc3c(n2)N(C)C(C=O)N3C(=O)N2CCCC2)cc1. The van der Waals surface area contributed by atoms with Gasteiger partial charge in [0.25, 0.3) is 0 Å². The molecule has 2 amide bonds. The van der Waals surface area contributed by atoms with E-state index >= 15 is 0 Å². The Labute approximate surface area is 162 Å². The van der Waals surface area contributed by atoms with Crippen LogP contribution in [0.4, 0.5) is 16.3 Å². The Morgan fingerprint density at radius 2 is 1.93 bits per heavy atom. The number of nitrogens with zero attached hydrogens (tertiary/aromatic N) is 5. The topological polar surface area (TPSA) is 69.6 Å². The number of aldehydes is 1. The second kappa shape index (κ2) is 7.19. The fourth-order valence-electron chi connectivity index (χ4n) is 3.55. The van der Waals surface area contributed by atoms with Gasteiger partial charge in [0.2, 0.25) is 0 Å². The predicted octanol–water partition coefficient (Wildman–Crippen LogP) is 2.86. The van der Waals surface area contributed by atoms with E-state index in [9.17, 15) is 9.59 Å². The van der Waals surface area contributed by atoms with Gasteiger partial charge < -0.3 is 9.80 Å². The van der Waals surface area contributed by atoms with Gasteiger partial charge in [0.15, 0.2) is 24.1 Å². The summed E-state index contributed by atoms with van der Waals surface area (Å²) in [6.07, 6.45) is 5.75. The zero-order valence-corrected chi connectivity index (χ0v) is 16.1. The van der Waals surface area contributed by atoms with E-state index in [2.05, 4.69) is 9.97 Å². The smallest absolute Gasteiger partial charge is 0.326 e. The molecule has 2 aliphatic heterocycles. The summed E-state index contributed by atoms with van der Waals surface area (Å²) < 4.78 is 0. The predicted molar refractivity (Wildman–Crippen MR) is 106 cm³/mol. The van der Waals surface area contributed by atoms with Crippen LogP contribution in [0.1, 0.15) is 12.8 Å². The highest BCUT2D eigenvalue weighted by molar-refractivity contribution is 7.98. The molecule has 0 spiro atoms. The molecule has 2 aromatic rings. The van der Waals surface area contributed by atoms with Crippen molar-refractivity contribution in [1.29, 1.82) is 0 Å². The van der Waals surface area contributed by atoms with Crippen molar-refractivity contribution in [1.82, 2.24) is 14.9 Å². The number of benzene rings is 1. The van der Waals surface area contributed by atoms with E-state index < -0.39 is 6.17 Å². The first kappa shape index (κ1) is 17.8. The van der Waals surface area contributed by atoms with Crippen molar-refractivity contribution in [2.24, 2.45) is 0 Å². The van der Waals surface area contributed by atoms with Crippen LogP contribution in [-0.2, 0) is 4.79 Å². The number of hydrogen-bond donors (Lipinski definition) is 0. The first-order chi connectivity index (χ1) is 13.1. The Balaban J connectivity index is 1.70. The largest absolute Gasteiger partial charge is 0.331 e. The molecule has 1 aromatic carbocycles. The van der Waals surface area contributed by atoms with Gasteiger partial charge in [-0.1, -0.05) is 12.1 Å². The minimum Gasteiger partial charge on any atom is -0.331 e. The quantitative estimate of drug-likeness (QED) is 0.600. The molecular formula is C19H21N5O2S. The summed E-state index contributed by atoms with van der Waals surface area (Å²) in [7, 11) is 1.78. The Morgan fingerprint density at radius 1 is 1.22 bits per heavy atom. The molecule has 8 heteroatoms. The highest BCUT2D eigenvalue weighted by atomic mass is 32.2. The van der Waals surface area contributed by atoms with Gasteiger partial charge >= 0.3 is 6.03 Å². The molecule has 1 aromatic heterocycles. The van der Waals surface area contributed by atoms with E-state index in [1.165, 1.54) is 9.80 Å². The minimum atomic E-state index is -0.698.